The number of nitrogens with one attached hydrogen (secondary N) is 1. The van der Waals surface area contributed by atoms with Gasteiger partial charge in [0.1, 0.15) is 5.82 Å². The van der Waals surface area contributed by atoms with Crippen LogP contribution in [0.1, 0.15) is 19.3 Å². The van der Waals surface area contributed by atoms with Gasteiger partial charge in [0.25, 0.3) is 0 Å². The molecule has 0 unspecified atom stereocenters. The highest BCUT2D eigenvalue weighted by Crippen LogP contribution is 2.33. The number of rotatable bonds is 4. The summed E-state index contributed by atoms with van der Waals surface area (Å²) in [6.07, 6.45) is 1.49. The Kier molecular flexibility index (Phi) is 6.49. The molecule has 26 heavy (non-hydrogen) atoms. The average molecular weight is 408 g/mol. The fourth-order valence-corrected chi connectivity index (χ4v) is 4.80. The number of hydrogen-bond donors (Lipinski definition) is 2. The van der Waals surface area contributed by atoms with Crippen molar-refractivity contribution >= 4 is 39.7 Å². The summed E-state index contributed by atoms with van der Waals surface area (Å²) < 4.78 is 44.6. The number of carbonyl (C=O) groups is 1. The minimum absolute atomic E-state index is 0. The van der Waals surface area contributed by atoms with Crippen molar-refractivity contribution in [2.45, 2.75) is 19.3 Å². The molecule has 1 aromatic carbocycles. The molecule has 0 radical (unpaired) electrons. The Labute approximate surface area is 158 Å². The molecular weight excluding hydrogens is 385 g/mol. The molecule has 0 spiro atoms. The molecule has 7 nitrogen and oxygen atoms in total. The molecule has 10 heteroatoms. The van der Waals surface area contributed by atoms with Crippen LogP contribution in [0.25, 0.3) is 0 Å². The van der Waals surface area contributed by atoms with Crippen LogP contribution < -0.4 is 15.4 Å². The van der Waals surface area contributed by atoms with Gasteiger partial charge in [0.05, 0.1) is 16.9 Å². The predicted molar refractivity (Wildman–Crippen MR) is 99.6 cm³/mol. The van der Waals surface area contributed by atoms with E-state index in [1.165, 1.54) is 12.1 Å². The monoisotopic (exact) mass is 407 g/mol. The van der Waals surface area contributed by atoms with Crippen LogP contribution >= 0.6 is 12.4 Å². The van der Waals surface area contributed by atoms with Crippen molar-refractivity contribution in [3.8, 4) is 0 Å². The van der Waals surface area contributed by atoms with Gasteiger partial charge in [-0.1, -0.05) is 0 Å². The molecule has 0 bridgehead atoms. The summed E-state index contributed by atoms with van der Waals surface area (Å²) in [5, 5.41) is 2.76. The van der Waals surface area contributed by atoms with Gasteiger partial charge in [-0.2, -0.15) is 0 Å². The van der Waals surface area contributed by atoms with Gasteiger partial charge in [-0.15, -0.1) is 12.4 Å². The van der Waals surface area contributed by atoms with Gasteiger partial charge in [-0.3, -0.25) is 9.10 Å². The van der Waals surface area contributed by atoms with Crippen LogP contribution in [0, 0.1) is 11.2 Å². The van der Waals surface area contributed by atoms with Crippen LogP contribution in [0.15, 0.2) is 18.2 Å². The van der Waals surface area contributed by atoms with Gasteiger partial charge in [-0.05, 0) is 37.5 Å². The average Bonchev–Trinajstić information content (AvgIpc) is 2.96. The van der Waals surface area contributed by atoms with Gasteiger partial charge in [-0.25, -0.2) is 12.8 Å². The maximum absolute atomic E-state index is 14.1. The van der Waals surface area contributed by atoms with E-state index in [0.717, 1.165) is 10.4 Å². The smallest absolute Gasteiger partial charge is 0.235 e. The maximum atomic E-state index is 14.1. The highest BCUT2D eigenvalue weighted by atomic mass is 35.5. The van der Waals surface area contributed by atoms with E-state index < -0.39 is 21.3 Å². The van der Waals surface area contributed by atoms with Crippen molar-refractivity contribution in [1.29, 1.82) is 0 Å². The topological polar surface area (TPSA) is 102 Å². The second kappa shape index (κ2) is 8.08. The summed E-state index contributed by atoms with van der Waals surface area (Å²) in [5.41, 5.74) is 5.41. The van der Waals surface area contributed by atoms with Crippen LogP contribution in [-0.2, 0) is 19.6 Å². The highest BCUT2D eigenvalue weighted by Gasteiger charge is 2.39. The van der Waals surface area contributed by atoms with Crippen LogP contribution in [0.2, 0.25) is 0 Å². The molecule has 1 aromatic rings. The molecular formula is C16H23ClFN3O4S. The largest absolute Gasteiger partial charge is 0.381 e. The van der Waals surface area contributed by atoms with E-state index in [9.17, 15) is 17.6 Å². The Bertz CT molecular complexity index is 769. The van der Waals surface area contributed by atoms with E-state index in [1.54, 1.807) is 0 Å². The van der Waals surface area contributed by atoms with E-state index in [0.29, 0.717) is 38.2 Å². The number of ether oxygens (including phenoxy) is 1. The zero-order valence-electron chi connectivity index (χ0n) is 14.2. The van der Waals surface area contributed by atoms with E-state index in [2.05, 4.69) is 5.32 Å². The van der Waals surface area contributed by atoms with E-state index in [-0.39, 0.29) is 42.8 Å². The first kappa shape index (κ1) is 20.9. The van der Waals surface area contributed by atoms with Crippen molar-refractivity contribution in [2.24, 2.45) is 11.1 Å². The fraction of sp³-hybridized carbons (Fsp3) is 0.562. The molecule has 0 aliphatic carbocycles. The van der Waals surface area contributed by atoms with Crippen LogP contribution in [-0.4, -0.2) is 46.4 Å². The van der Waals surface area contributed by atoms with E-state index in [4.69, 9.17) is 10.5 Å². The molecule has 0 aromatic heterocycles. The number of carbonyl (C=O) groups excluding carboxylic acids is 1. The van der Waals surface area contributed by atoms with E-state index >= 15 is 0 Å². The lowest BCUT2D eigenvalue weighted by atomic mass is 9.79. The van der Waals surface area contributed by atoms with Gasteiger partial charge >= 0.3 is 0 Å². The number of benzene rings is 1. The summed E-state index contributed by atoms with van der Waals surface area (Å²) in [6, 6.07) is 3.94. The van der Waals surface area contributed by atoms with Crippen LogP contribution in [0.4, 0.5) is 15.8 Å². The quantitative estimate of drug-likeness (QED) is 0.787. The second-order valence-electron chi connectivity index (χ2n) is 6.46. The first-order valence-electron chi connectivity index (χ1n) is 8.27. The van der Waals surface area contributed by atoms with Gasteiger partial charge < -0.3 is 15.8 Å². The summed E-state index contributed by atoms with van der Waals surface area (Å²) in [5.74, 6) is -0.887. The van der Waals surface area contributed by atoms with Crippen molar-refractivity contribution in [3.63, 3.8) is 0 Å². The Morgan fingerprint density at radius 1 is 1.35 bits per heavy atom. The Balaban J connectivity index is 0.00000243. The predicted octanol–water partition coefficient (Wildman–Crippen LogP) is 1.48. The first-order chi connectivity index (χ1) is 11.9. The number of nitrogens with two attached hydrogens (primary N) is 1. The molecule has 3 rings (SSSR count). The molecule has 0 atom stereocenters. The van der Waals surface area contributed by atoms with Crippen LogP contribution in [0.5, 0.6) is 0 Å². The summed E-state index contributed by atoms with van der Waals surface area (Å²) in [4.78, 5) is 12.7. The van der Waals surface area contributed by atoms with E-state index in [1.807, 2.05) is 0 Å². The Hall–Kier alpha value is -1.42. The lowest BCUT2D eigenvalue weighted by Gasteiger charge is -2.34. The minimum atomic E-state index is -3.50. The third-order valence-corrected chi connectivity index (χ3v) is 6.75. The zero-order chi connectivity index (χ0) is 18.1. The molecule has 0 saturated carbocycles. The standard InChI is InChI=1S/C16H22FN3O4S.ClH/c17-13-3-2-12(10-14(13)20-6-1-9-25(20,22)23)19-15(21)16(11-18)4-7-24-8-5-16;/h2-3,10H,1,4-9,11,18H2,(H,19,21);1H. The summed E-state index contributed by atoms with van der Waals surface area (Å²) >= 11 is 0. The number of halogens is 2. The maximum Gasteiger partial charge on any atom is 0.235 e. The molecule has 1 amide bonds. The number of sulfonamides is 1. The van der Waals surface area contributed by atoms with Crippen molar-refractivity contribution in [3.05, 3.63) is 24.0 Å². The number of nitrogens with zero attached hydrogens (tertiary/aromatic N) is 1. The molecule has 2 aliphatic rings. The fourth-order valence-electron chi connectivity index (χ4n) is 3.24. The van der Waals surface area contributed by atoms with Crippen molar-refractivity contribution in [1.82, 2.24) is 0 Å². The Morgan fingerprint density at radius 2 is 2.04 bits per heavy atom. The molecule has 2 heterocycles. The molecule has 2 aliphatic heterocycles. The third kappa shape index (κ3) is 3.95. The molecule has 146 valence electrons. The zero-order valence-corrected chi connectivity index (χ0v) is 15.9. The first-order valence-corrected chi connectivity index (χ1v) is 9.88. The normalized spacial score (nSPS) is 21.1. The molecule has 3 N–H and O–H groups in total. The SMILES string of the molecule is Cl.NCC1(C(=O)Nc2ccc(F)c(N3CCCS3(=O)=O)c2)CCOCC1. The van der Waals surface area contributed by atoms with Gasteiger partial charge in [0.2, 0.25) is 15.9 Å². The van der Waals surface area contributed by atoms with Crippen molar-refractivity contribution in [2.75, 3.05) is 41.7 Å². The summed E-state index contributed by atoms with van der Waals surface area (Å²) in [7, 11) is -3.50. The third-order valence-electron chi connectivity index (χ3n) is 4.89. The summed E-state index contributed by atoms with van der Waals surface area (Å²) in [6.45, 7) is 1.36. The number of anilines is 2. The minimum Gasteiger partial charge on any atom is -0.381 e. The lowest BCUT2D eigenvalue weighted by molar-refractivity contribution is -0.130. The van der Waals surface area contributed by atoms with Gasteiger partial charge in [0, 0.05) is 32.0 Å². The Morgan fingerprint density at radius 3 is 2.62 bits per heavy atom. The molecule has 2 fully saturated rings. The van der Waals surface area contributed by atoms with Crippen LogP contribution in [0.3, 0.4) is 0 Å². The number of amides is 1. The molecule has 2 saturated heterocycles. The lowest BCUT2D eigenvalue weighted by Crippen LogP contribution is -2.46. The second-order valence-corrected chi connectivity index (χ2v) is 8.47. The van der Waals surface area contributed by atoms with Crippen molar-refractivity contribution < 1.29 is 22.3 Å². The van der Waals surface area contributed by atoms with Gasteiger partial charge in [0.15, 0.2) is 0 Å². The highest BCUT2D eigenvalue weighted by molar-refractivity contribution is 7.93. The number of hydrogen-bond acceptors (Lipinski definition) is 5.